The topological polar surface area (TPSA) is 117 Å². The maximum atomic E-state index is 13.1. The zero-order valence-electron chi connectivity index (χ0n) is 20.4. The average Bonchev–Trinajstić information content (AvgIpc) is 2.86. The molecule has 0 spiro atoms. The summed E-state index contributed by atoms with van der Waals surface area (Å²) >= 11 is 3.60. The van der Waals surface area contributed by atoms with Crippen molar-refractivity contribution in [3.05, 3.63) is 90.3 Å². The van der Waals surface area contributed by atoms with E-state index in [0.717, 1.165) is 40.7 Å². The molecule has 0 aliphatic heterocycles. The fraction of sp³-hybridized carbons (Fsp3) is 0.357. The first-order chi connectivity index (χ1) is 18.2. The van der Waals surface area contributed by atoms with Crippen LogP contribution in [0.3, 0.4) is 0 Å². The summed E-state index contributed by atoms with van der Waals surface area (Å²) in [5.41, 5.74) is 2.21. The number of aromatic nitrogens is 2. The predicted octanol–water partition coefficient (Wildman–Crippen LogP) is 4.36. The van der Waals surface area contributed by atoms with Crippen LogP contribution in [0.25, 0.3) is 5.69 Å². The van der Waals surface area contributed by atoms with Crippen LogP contribution in [0, 0.1) is 23.6 Å². The van der Waals surface area contributed by atoms with E-state index in [2.05, 4.69) is 31.4 Å². The minimum absolute atomic E-state index is 0.161. The summed E-state index contributed by atoms with van der Waals surface area (Å²) < 4.78 is 14.7. The smallest absolute Gasteiger partial charge is 0.335 e. The van der Waals surface area contributed by atoms with E-state index in [1.165, 1.54) is 56.2 Å². The molecule has 4 fully saturated rings. The third-order valence-electron chi connectivity index (χ3n) is 8.43. The van der Waals surface area contributed by atoms with Crippen molar-refractivity contribution in [1.29, 1.82) is 0 Å². The molecule has 1 heterocycles. The van der Waals surface area contributed by atoms with Crippen molar-refractivity contribution in [2.24, 2.45) is 22.9 Å². The number of rotatable bonds is 5. The number of carbonyl (C=O) groups is 1. The van der Waals surface area contributed by atoms with Gasteiger partial charge in [0.1, 0.15) is 11.4 Å². The first kappa shape index (κ1) is 24.8. The number of hydrogen-bond acceptors (Lipinski definition) is 5. The third kappa shape index (κ3) is 4.30. The van der Waals surface area contributed by atoms with E-state index in [9.17, 15) is 23.9 Å². The number of nitrogens with zero attached hydrogens (tertiary/aromatic N) is 2. The van der Waals surface area contributed by atoms with E-state index in [-0.39, 0.29) is 16.5 Å². The Morgan fingerprint density at radius 1 is 1.08 bits per heavy atom. The van der Waals surface area contributed by atoms with Gasteiger partial charge in [-0.3, -0.25) is 14.6 Å². The molecule has 1 aromatic heterocycles. The van der Waals surface area contributed by atoms with Crippen molar-refractivity contribution in [3.8, 4) is 11.6 Å². The molecule has 8 nitrogen and oxygen atoms in total. The van der Waals surface area contributed by atoms with Gasteiger partial charge in [-0.2, -0.15) is 5.10 Å². The van der Waals surface area contributed by atoms with Crippen LogP contribution in [0.15, 0.2) is 61.6 Å². The van der Waals surface area contributed by atoms with Crippen LogP contribution in [-0.2, 0) is 5.41 Å². The number of H-pyrrole nitrogens is 1. The summed E-state index contributed by atoms with van der Waals surface area (Å²) in [4.78, 5) is 39.6. The molecule has 3 N–H and O–H groups in total. The molecule has 0 saturated heterocycles. The van der Waals surface area contributed by atoms with E-state index in [1.807, 2.05) is 12.1 Å². The molecule has 3 aromatic rings. The predicted molar refractivity (Wildman–Crippen MR) is 143 cm³/mol. The molecule has 4 aliphatic carbocycles. The Morgan fingerprint density at radius 3 is 2.32 bits per heavy atom. The molecule has 0 atom stereocenters. The molecule has 4 saturated carbocycles. The number of aromatic hydroxyl groups is 1. The van der Waals surface area contributed by atoms with Crippen molar-refractivity contribution in [3.63, 3.8) is 0 Å². The fourth-order valence-electron chi connectivity index (χ4n) is 7.18. The second kappa shape index (κ2) is 9.34. The van der Waals surface area contributed by atoms with Gasteiger partial charge in [0.15, 0.2) is 0 Å². The zero-order valence-corrected chi connectivity index (χ0v) is 22.0. The van der Waals surface area contributed by atoms with Crippen LogP contribution in [0.4, 0.5) is 4.39 Å². The van der Waals surface area contributed by atoms with Gasteiger partial charge in [0.05, 0.1) is 11.9 Å². The highest BCUT2D eigenvalue weighted by Crippen LogP contribution is 2.60. The highest BCUT2D eigenvalue weighted by atomic mass is 79.9. The number of hydrazone groups is 1. The second-order valence-electron chi connectivity index (χ2n) is 10.9. The van der Waals surface area contributed by atoms with Gasteiger partial charge in [-0.05, 0) is 120 Å². The molecule has 0 radical (unpaired) electrons. The van der Waals surface area contributed by atoms with Crippen LogP contribution in [-0.4, -0.2) is 26.8 Å². The third-order valence-corrected chi connectivity index (χ3v) is 9.06. The van der Waals surface area contributed by atoms with Crippen molar-refractivity contribution in [2.75, 3.05) is 0 Å². The van der Waals surface area contributed by atoms with Gasteiger partial charge < -0.3 is 5.11 Å². The van der Waals surface area contributed by atoms with Gasteiger partial charge in [-0.25, -0.2) is 19.2 Å². The summed E-state index contributed by atoms with van der Waals surface area (Å²) in [7, 11) is 0. The molecular formula is C28H26BrFN4O4. The van der Waals surface area contributed by atoms with E-state index < -0.39 is 28.9 Å². The van der Waals surface area contributed by atoms with Crippen molar-refractivity contribution >= 4 is 28.1 Å². The lowest BCUT2D eigenvalue weighted by Crippen LogP contribution is -2.48. The number of hydrogen-bond donors (Lipinski definition) is 3. The van der Waals surface area contributed by atoms with Gasteiger partial charge in [0.25, 0.3) is 11.5 Å². The zero-order chi connectivity index (χ0) is 26.6. The average molecular weight is 581 g/mol. The summed E-state index contributed by atoms with van der Waals surface area (Å²) in [6, 6.07) is 10.7. The van der Waals surface area contributed by atoms with Gasteiger partial charge >= 0.3 is 5.69 Å². The lowest BCUT2D eigenvalue weighted by molar-refractivity contribution is -0.00521. The molecule has 4 aliphatic rings. The SMILES string of the molecule is O=C(NN=Cc1c(O)n(-c2ccc(C34CC5CC(CC(C5)C3)C4)cc2Br)c(=O)[nH]c1=O)c1ccc(F)cc1. The number of carbonyl (C=O) groups excluding carboxylic acids is 1. The lowest BCUT2D eigenvalue weighted by atomic mass is 9.48. The molecule has 1 amide bonds. The highest BCUT2D eigenvalue weighted by molar-refractivity contribution is 9.10. The Bertz CT molecular complexity index is 1540. The number of aromatic amines is 1. The van der Waals surface area contributed by atoms with Crippen molar-refractivity contribution in [2.45, 2.75) is 43.9 Å². The summed E-state index contributed by atoms with van der Waals surface area (Å²) in [5, 5.41) is 14.7. The minimum atomic E-state index is -0.857. The molecule has 196 valence electrons. The largest absolute Gasteiger partial charge is 0.493 e. The first-order valence-corrected chi connectivity index (χ1v) is 13.5. The van der Waals surface area contributed by atoms with E-state index in [0.29, 0.717) is 10.2 Å². The summed E-state index contributed by atoms with van der Waals surface area (Å²) in [6.45, 7) is 0. The van der Waals surface area contributed by atoms with E-state index >= 15 is 0 Å². The molecule has 4 bridgehead atoms. The van der Waals surface area contributed by atoms with Crippen LogP contribution in [0.5, 0.6) is 5.88 Å². The Balaban J connectivity index is 1.29. The second-order valence-corrected chi connectivity index (χ2v) is 11.8. The van der Waals surface area contributed by atoms with Crippen LogP contribution in [0.1, 0.15) is 60.0 Å². The minimum Gasteiger partial charge on any atom is -0.493 e. The Labute approximate surface area is 225 Å². The van der Waals surface area contributed by atoms with E-state index in [1.54, 1.807) is 6.07 Å². The first-order valence-electron chi connectivity index (χ1n) is 12.7. The Morgan fingerprint density at radius 2 is 1.71 bits per heavy atom. The summed E-state index contributed by atoms with van der Waals surface area (Å²) in [5.74, 6) is 0.638. The van der Waals surface area contributed by atoms with Gasteiger partial charge in [-0.15, -0.1) is 0 Å². The quantitative estimate of drug-likeness (QED) is 0.307. The Kier molecular flexibility index (Phi) is 6.09. The van der Waals surface area contributed by atoms with Crippen molar-refractivity contribution in [1.82, 2.24) is 15.0 Å². The number of amides is 1. The van der Waals surface area contributed by atoms with Crippen LogP contribution in [0.2, 0.25) is 0 Å². The Hall–Kier alpha value is -3.53. The lowest BCUT2D eigenvalue weighted by Gasteiger charge is -2.57. The molecule has 10 heteroatoms. The van der Waals surface area contributed by atoms with Gasteiger partial charge in [-0.1, -0.05) is 6.07 Å². The molecule has 7 rings (SSSR count). The fourth-order valence-corrected chi connectivity index (χ4v) is 7.74. The standard InChI is InChI=1S/C28H26BrFN4O4/c29-22-10-19(28-11-15-7-16(12-28)9-17(8-15)13-28)3-6-23(22)34-26(37)21(25(36)32-27(34)38)14-31-33-24(35)18-1-4-20(30)5-2-18/h1-6,10,14-17,37H,7-9,11-13H2,(H,33,35)(H,32,36,38). The van der Waals surface area contributed by atoms with Crippen LogP contribution >= 0.6 is 15.9 Å². The molecule has 38 heavy (non-hydrogen) atoms. The molecular weight excluding hydrogens is 555 g/mol. The monoisotopic (exact) mass is 580 g/mol. The maximum Gasteiger partial charge on any atom is 0.335 e. The maximum absolute atomic E-state index is 13.1. The van der Waals surface area contributed by atoms with Gasteiger partial charge in [0, 0.05) is 10.0 Å². The van der Waals surface area contributed by atoms with Gasteiger partial charge in [0.2, 0.25) is 5.88 Å². The number of halogens is 2. The van der Waals surface area contributed by atoms with Crippen molar-refractivity contribution < 1.29 is 14.3 Å². The normalized spacial score (nSPS) is 25.7. The molecule has 2 aromatic carbocycles. The number of benzene rings is 2. The van der Waals surface area contributed by atoms with E-state index in [4.69, 9.17) is 0 Å². The molecule has 0 unspecified atom stereocenters. The van der Waals surface area contributed by atoms with Crippen LogP contribution < -0.4 is 16.7 Å². The number of nitrogens with one attached hydrogen (secondary N) is 2. The summed E-state index contributed by atoms with van der Waals surface area (Å²) in [6.07, 6.45) is 8.56. The highest BCUT2D eigenvalue weighted by Gasteiger charge is 2.51.